The summed E-state index contributed by atoms with van der Waals surface area (Å²) in [4.78, 5) is 30.9. The molecule has 2 amide bonds. The molecule has 0 bridgehead atoms. The van der Waals surface area contributed by atoms with Crippen LogP contribution in [-0.2, 0) is 22.7 Å². The van der Waals surface area contributed by atoms with Crippen LogP contribution in [0.3, 0.4) is 0 Å². The lowest BCUT2D eigenvalue weighted by molar-refractivity contribution is -0.144. The second-order valence-electron chi connectivity index (χ2n) is 6.14. The summed E-state index contributed by atoms with van der Waals surface area (Å²) in [6.07, 6.45) is 2.64. The third-order valence-corrected chi connectivity index (χ3v) is 5.97. The van der Waals surface area contributed by atoms with Gasteiger partial charge in [0.1, 0.15) is 6.04 Å². The molecule has 0 radical (unpaired) electrons. The van der Waals surface area contributed by atoms with Crippen LogP contribution in [0, 0.1) is 0 Å². The number of hydrogen-bond donors (Lipinski definition) is 0. The highest BCUT2D eigenvalue weighted by Crippen LogP contribution is 2.20. The summed E-state index contributed by atoms with van der Waals surface area (Å²) in [7, 11) is 1.73. The molecular formula is C19H26N2O2S2. The van der Waals surface area contributed by atoms with Gasteiger partial charge >= 0.3 is 0 Å². The van der Waals surface area contributed by atoms with Gasteiger partial charge in [-0.15, -0.1) is 22.7 Å². The predicted octanol–water partition coefficient (Wildman–Crippen LogP) is 4.38. The highest BCUT2D eigenvalue weighted by atomic mass is 32.1. The van der Waals surface area contributed by atoms with Crippen molar-refractivity contribution in [3.05, 3.63) is 44.8 Å². The molecule has 6 heteroatoms. The van der Waals surface area contributed by atoms with Gasteiger partial charge in [-0.3, -0.25) is 9.59 Å². The van der Waals surface area contributed by atoms with E-state index in [2.05, 4.69) is 19.1 Å². The van der Waals surface area contributed by atoms with Crippen molar-refractivity contribution < 1.29 is 9.59 Å². The minimum absolute atomic E-state index is 0.0351. The summed E-state index contributed by atoms with van der Waals surface area (Å²) < 4.78 is 0. The number of amides is 2. The molecule has 1 atom stereocenters. The molecule has 136 valence electrons. The van der Waals surface area contributed by atoms with Crippen LogP contribution in [0.5, 0.6) is 0 Å². The molecule has 0 unspecified atom stereocenters. The van der Waals surface area contributed by atoms with Crippen molar-refractivity contribution in [2.24, 2.45) is 0 Å². The zero-order valence-electron chi connectivity index (χ0n) is 15.1. The maximum Gasteiger partial charge on any atom is 0.246 e. The second kappa shape index (κ2) is 9.73. The number of nitrogens with zero attached hydrogens (tertiary/aromatic N) is 2. The summed E-state index contributed by atoms with van der Waals surface area (Å²) in [5.41, 5.74) is 0. The molecule has 0 aliphatic heterocycles. The Labute approximate surface area is 158 Å². The quantitative estimate of drug-likeness (QED) is 0.650. The largest absolute Gasteiger partial charge is 0.334 e. The lowest BCUT2D eigenvalue weighted by Gasteiger charge is -2.32. The lowest BCUT2D eigenvalue weighted by Crippen LogP contribution is -2.48. The first-order chi connectivity index (χ1) is 12.0. The van der Waals surface area contributed by atoms with Gasteiger partial charge in [0.2, 0.25) is 11.8 Å². The Balaban J connectivity index is 2.21. The van der Waals surface area contributed by atoms with E-state index in [1.165, 1.54) is 6.92 Å². The first kappa shape index (κ1) is 19.7. The first-order valence-corrected chi connectivity index (χ1v) is 10.4. The van der Waals surface area contributed by atoms with E-state index in [4.69, 9.17) is 0 Å². The van der Waals surface area contributed by atoms with Gasteiger partial charge in [0.05, 0.1) is 13.1 Å². The van der Waals surface area contributed by atoms with Crippen LogP contribution in [0.1, 0.15) is 42.9 Å². The van der Waals surface area contributed by atoms with Crippen LogP contribution in [0.4, 0.5) is 0 Å². The predicted molar refractivity (Wildman–Crippen MR) is 105 cm³/mol. The van der Waals surface area contributed by atoms with Crippen molar-refractivity contribution in [1.29, 1.82) is 0 Å². The fourth-order valence-electron chi connectivity index (χ4n) is 2.70. The van der Waals surface area contributed by atoms with Gasteiger partial charge in [-0.2, -0.15) is 0 Å². The third-order valence-electron chi connectivity index (χ3n) is 4.25. The van der Waals surface area contributed by atoms with E-state index in [1.54, 1.807) is 34.6 Å². The van der Waals surface area contributed by atoms with Crippen molar-refractivity contribution in [3.63, 3.8) is 0 Å². The summed E-state index contributed by atoms with van der Waals surface area (Å²) in [5.74, 6) is -0.0328. The maximum atomic E-state index is 13.3. The van der Waals surface area contributed by atoms with Gasteiger partial charge in [0, 0.05) is 23.7 Å². The van der Waals surface area contributed by atoms with Gasteiger partial charge in [-0.1, -0.05) is 31.9 Å². The Morgan fingerprint density at radius 3 is 2.04 bits per heavy atom. The maximum absolute atomic E-state index is 13.3. The Hall–Kier alpha value is -1.66. The van der Waals surface area contributed by atoms with Gasteiger partial charge in [0.25, 0.3) is 0 Å². The van der Waals surface area contributed by atoms with Crippen molar-refractivity contribution in [1.82, 2.24) is 9.80 Å². The van der Waals surface area contributed by atoms with Crippen LogP contribution in [0.15, 0.2) is 35.0 Å². The van der Waals surface area contributed by atoms with Crippen molar-refractivity contribution in [3.8, 4) is 0 Å². The van der Waals surface area contributed by atoms with Crippen molar-refractivity contribution in [2.75, 3.05) is 7.05 Å². The lowest BCUT2D eigenvalue weighted by atomic mass is 10.1. The van der Waals surface area contributed by atoms with Crippen LogP contribution in [-0.4, -0.2) is 34.7 Å². The minimum Gasteiger partial charge on any atom is -0.334 e. The SMILES string of the molecule is CCCC[C@@H](C(=O)N(Cc1cccs1)Cc1cccs1)N(C)C(C)=O. The summed E-state index contributed by atoms with van der Waals surface area (Å²) >= 11 is 3.31. The Morgan fingerprint density at radius 1 is 1.08 bits per heavy atom. The molecule has 0 spiro atoms. The highest BCUT2D eigenvalue weighted by Gasteiger charge is 2.29. The number of carbonyl (C=O) groups is 2. The number of hydrogen-bond acceptors (Lipinski definition) is 4. The minimum atomic E-state index is -0.391. The summed E-state index contributed by atoms with van der Waals surface area (Å²) in [6.45, 7) is 4.80. The Bertz CT molecular complexity index is 617. The molecule has 0 aliphatic carbocycles. The van der Waals surface area contributed by atoms with Crippen LogP contribution >= 0.6 is 22.7 Å². The molecule has 2 heterocycles. The van der Waals surface area contributed by atoms with Gasteiger partial charge in [-0.25, -0.2) is 0 Å². The number of rotatable bonds is 9. The van der Waals surface area contributed by atoms with Crippen LogP contribution in [0.25, 0.3) is 0 Å². The average molecular weight is 379 g/mol. The van der Waals surface area contributed by atoms with Crippen LogP contribution < -0.4 is 0 Å². The van der Waals surface area contributed by atoms with Crippen LogP contribution in [0.2, 0.25) is 0 Å². The van der Waals surface area contributed by atoms with Gasteiger partial charge < -0.3 is 9.80 Å². The smallest absolute Gasteiger partial charge is 0.246 e. The zero-order chi connectivity index (χ0) is 18.2. The van der Waals surface area contributed by atoms with Crippen molar-refractivity contribution in [2.45, 2.75) is 52.2 Å². The molecule has 4 nitrogen and oxygen atoms in total. The molecule has 0 saturated carbocycles. The number of likely N-dealkylation sites (N-methyl/N-ethyl adjacent to an activating group) is 1. The first-order valence-electron chi connectivity index (χ1n) is 8.59. The molecule has 25 heavy (non-hydrogen) atoms. The number of carbonyl (C=O) groups excluding carboxylic acids is 2. The van der Waals surface area contributed by atoms with Crippen molar-refractivity contribution >= 4 is 34.5 Å². The van der Waals surface area contributed by atoms with Gasteiger partial charge in [-0.05, 0) is 29.3 Å². The number of thiophene rings is 2. The standard InChI is InChI=1S/C19H26N2O2S2/c1-4-5-10-18(20(3)15(2)22)19(23)21(13-16-8-6-11-24-16)14-17-9-7-12-25-17/h6-9,11-12,18H,4-5,10,13-14H2,1-3H3/t18-/m0/s1. The summed E-state index contributed by atoms with van der Waals surface area (Å²) in [6, 6.07) is 7.72. The van der Waals surface area contributed by atoms with E-state index >= 15 is 0 Å². The van der Waals surface area contributed by atoms with E-state index in [9.17, 15) is 9.59 Å². The molecule has 0 aromatic carbocycles. The van der Waals surface area contributed by atoms with E-state index in [0.717, 1.165) is 22.6 Å². The molecule has 0 aliphatic rings. The fraction of sp³-hybridized carbons (Fsp3) is 0.474. The fourth-order valence-corrected chi connectivity index (χ4v) is 4.14. The van der Waals surface area contributed by atoms with E-state index in [1.807, 2.05) is 27.8 Å². The monoisotopic (exact) mass is 378 g/mol. The Morgan fingerprint density at radius 2 is 1.64 bits per heavy atom. The van der Waals surface area contributed by atoms with Gasteiger partial charge in [0.15, 0.2) is 0 Å². The third kappa shape index (κ3) is 5.68. The van der Waals surface area contributed by atoms with E-state index in [0.29, 0.717) is 19.5 Å². The highest BCUT2D eigenvalue weighted by molar-refractivity contribution is 7.10. The summed E-state index contributed by atoms with van der Waals surface area (Å²) in [5, 5.41) is 4.05. The molecule has 0 saturated heterocycles. The molecule has 0 fully saturated rings. The molecule has 0 N–H and O–H groups in total. The van der Waals surface area contributed by atoms with E-state index in [-0.39, 0.29) is 11.8 Å². The normalized spacial score (nSPS) is 12.0. The zero-order valence-corrected chi connectivity index (χ0v) is 16.7. The Kier molecular flexibility index (Phi) is 7.65. The molecule has 2 aromatic rings. The molecule has 2 aromatic heterocycles. The molecule has 2 rings (SSSR count). The second-order valence-corrected chi connectivity index (χ2v) is 8.21. The average Bonchev–Trinajstić information content (AvgIpc) is 3.28. The number of unbranched alkanes of at least 4 members (excludes halogenated alkanes) is 1. The molecular weight excluding hydrogens is 352 g/mol. The van der Waals surface area contributed by atoms with E-state index < -0.39 is 6.04 Å². The topological polar surface area (TPSA) is 40.6 Å².